The number of thiazole rings is 1. The first kappa shape index (κ1) is 15.2. The molecule has 0 saturated heterocycles. The lowest BCUT2D eigenvalue weighted by Gasteiger charge is -2.03. The van der Waals surface area contributed by atoms with Gasteiger partial charge in [-0.05, 0) is 32.0 Å². The highest BCUT2D eigenvalue weighted by Gasteiger charge is 2.14. The molecule has 24 heavy (non-hydrogen) atoms. The lowest BCUT2D eigenvalue weighted by molar-refractivity contribution is 1.17. The van der Waals surface area contributed by atoms with Gasteiger partial charge in [0.1, 0.15) is 11.3 Å². The second-order valence-electron chi connectivity index (χ2n) is 5.65. The molecule has 1 N–H and O–H groups in total. The molecule has 3 heterocycles. The molecule has 3 aromatic heterocycles. The third-order valence-electron chi connectivity index (χ3n) is 3.81. The van der Waals surface area contributed by atoms with Crippen molar-refractivity contribution in [2.75, 3.05) is 5.32 Å². The maximum absolute atomic E-state index is 6.05. The average Bonchev–Trinajstić information content (AvgIpc) is 3.12. The smallest absolute Gasteiger partial charge is 0.187 e. The lowest BCUT2D eigenvalue weighted by atomic mass is 10.2. The summed E-state index contributed by atoms with van der Waals surface area (Å²) in [6.07, 6.45) is 1.93. The molecule has 0 amide bonds. The van der Waals surface area contributed by atoms with Crippen molar-refractivity contribution in [3.8, 4) is 11.4 Å². The minimum absolute atomic E-state index is 0.680. The number of pyridine rings is 1. The molecule has 4 nitrogen and oxygen atoms in total. The van der Waals surface area contributed by atoms with Crippen molar-refractivity contribution in [3.05, 3.63) is 64.3 Å². The number of nitrogens with one attached hydrogen (secondary N) is 1. The highest BCUT2D eigenvalue weighted by molar-refractivity contribution is 7.14. The zero-order valence-electron chi connectivity index (χ0n) is 13.2. The van der Waals surface area contributed by atoms with E-state index in [-0.39, 0.29) is 0 Å². The van der Waals surface area contributed by atoms with E-state index in [4.69, 9.17) is 16.6 Å². The summed E-state index contributed by atoms with van der Waals surface area (Å²) in [5.41, 5.74) is 5.93. The van der Waals surface area contributed by atoms with Crippen molar-refractivity contribution in [2.45, 2.75) is 13.8 Å². The highest BCUT2D eigenvalue weighted by Crippen LogP contribution is 2.30. The van der Waals surface area contributed by atoms with Crippen LogP contribution in [-0.4, -0.2) is 14.4 Å². The lowest BCUT2D eigenvalue weighted by Crippen LogP contribution is -1.92. The van der Waals surface area contributed by atoms with Gasteiger partial charge in [0.15, 0.2) is 5.13 Å². The Morgan fingerprint density at radius 2 is 1.88 bits per heavy atom. The third kappa shape index (κ3) is 2.77. The van der Waals surface area contributed by atoms with Crippen LogP contribution in [0.25, 0.3) is 17.0 Å². The summed E-state index contributed by atoms with van der Waals surface area (Å²) in [5, 5.41) is 6.93. The Morgan fingerprint density at radius 1 is 1.08 bits per heavy atom. The Bertz CT molecular complexity index is 1020. The number of aryl methyl sites for hydroxylation is 2. The first-order valence-corrected chi connectivity index (χ1v) is 8.80. The molecule has 0 spiro atoms. The second-order valence-corrected chi connectivity index (χ2v) is 6.94. The largest absolute Gasteiger partial charge is 0.332 e. The van der Waals surface area contributed by atoms with Gasteiger partial charge < -0.3 is 5.32 Å². The van der Waals surface area contributed by atoms with Crippen molar-refractivity contribution < 1.29 is 0 Å². The van der Waals surface area contributed by atoms with Crippen molar-refractivity contribution in [1.82, 2.24) is 14.4 Å². The zero-order chi connectivity index (χ0) is 16.7. The van der Waals surface area contributed by atoms with E-state index in [0.717, 1.165) is 33.5 Å². The SMILES string of the molecule is Cc1ccc(Nc2nc(-c3c(C)nc4cc(Cl)ccn34)cs2)cc1. The van der Waals surface area contributed by atoms with E-state index in [1.165, 1.54) is 5.56 Å². The van der Waals surface area contributed by atoms with E-state index in [1.807, 2.05) is 35.0 Å². The number of hydrogen-bond donors (Lipinski definition) is 1. The van der Waals surface area contributed by atoms with Crippen molar-refractivity contribution >= 4 is 39.4 Å². The van der Waals surface area contributed by atoms with Crippen LogP contribution < -0.4 is 5.32 Å². The van der Waals surface area contributed by atoms with Crippen LogP contribution in [-0.2, 0) is 0 Å². The fourth-order valence-electron chi connectivity index (χ4n) is 2.65. The Balaban J connectivity index is 1.70. The first-order valence-electron chi connectivity index (χ1n) is 7.54. The van der Waals surface area contributed by atoms with Crippen LogP contribution in [0.2, 0.25) is 5.02 Å². The number of nitrogens with zero attached hydrogens (tertiary/aromatic N) is 3. The number of fused-ring (bicyclic) bond motifs is 1. The van der Waals surface area contributed by atoms with E-state index >= 15 is 0 Å². The minimum Gasteiger partial charge on any atom is -0.332 e. The van der Waals surface area contributed by atoms with Gasteiger partial charge in [-0.2, -0.15) is 0 Å². The Labute approximate surface area is 148 Å². The maximum Gasteiger partial charge on any atom is 0.187 e. The standard InChI is InChI=1S/C18H15ClN4S/c1-11-3-5-14(6-4-11)21-18-22-15(10-24-18)17-12(2)20-16-9-13(19)7-8-23(16)17/h3-10H,1-2H3,(H,21,22). The van der Waals surface area contributed by atoms with Crippen LogP contribution in [0.3, 0.4) is 0 Å². The van der Waals surface area contributed by atoms with Gasteiger partial charge in [0, 0.05) is 28.4 Å². The molecule has 0 unspecified atom stereocenters. The quantitative estimate of drug-likeness (QED) is 0.530. The molecule has 0 radical (unpaired) electrons. The van der Waals surface area contributed by atoms with Gasteiger partial charge in [-0.25, -0.2) is 9.97 Å². The fraction of sp³-hybridized carbons (Fsp3) is 0.111. The number of halogens is 1. The monoisotopic (exact) mass is 354 g/mol. The number of anilines is 2. The van der Waals surface area contributed by atoms with Gasteiger partial charge in [-0.15, -0.1) is 11.3 Å². The normalized spacial score (nSPS) is 11.1. The molecule has 0 atom stereocenters. The summed E-state index contributed by atoms with van der Waals surface area (Å²) in [5.74, 6) is 0. The number of benzene rings is 1. The molecule has 0 saturated carbocycles. The number of hydrogen-bond acceptors (Lipinski definition) is 4. The molecule has 0 aliphatic rings. The third-order valence-corrected chi connectivity index (χ3v) is 4.80. The zero-order valence-corrected chi connectivity index (χ0v) is 14.8. The van der Waals surface area contributed by atoms with E-state index < -0.39 is 0 Å². The summed E-state index contributed by atoms with van der Waals surface area (Å²) in [6.45, 7) is 4.06. The van der Waals surface area contributed by atoms with E-state index in [9.17, 15) is 0 Å². The van der Waals surface area contributed by atoms with Crippen molar-refractivity contribution in [1.29, 1.82) is 0 Å². The van der Waals surface area contributed by atoms with Gasteiger partial charge in [0.2, 0.25) is 0 Å². The summed E-state index contributed by atoms with van der Waals surface area (Å²) >= 11 is 7.63. The molecule has 6 heteroatoms. The molecular weight excluding hydrogens is 340 g/mol. The van der Waals surface area contributed by atoms with Crippen LogP contribution in [0, 0.1) is 13.8 Å². The molecule has 120 valence electrons. The average molecular weight is 355 g/mol. The summed E-state index contributed by atoms with van der Waals surface area (Å²) in [4.78, 5) is 9.29. The van der Waals surface area contributed by atoms with Gasteiger partial charge >= 0.3 is 0 Å². The van der Waals surface area contributed by atoms with Gasteiger partial charge in [-0.3, -0.25) is 4.40 Å². The van der Waals surface area contributed by atoms with Gasteiger partial charge in [0.25, 0.3) is 0 Å². The van der Waals surface area contributed by atoms with Crippen LogP contribution in [0.15, 0.2) is 48.0 Å². The molecule has 0 aliphatic carbocycles. The molecule has 0 bridgehead atoms. The van der Waals surface area contributed by atoms with Crippen LogP contribution in [0.4, 0.5) is 10.8 Å². The highest BCUT2D eigenvalue weighted by atomic mass is 35.5. The van der Waals surface area contributed by atoms with Gasteiger partial charge in [-0.1, -0.05) is 29.3 Å². The summed E-state index contributed by atoms with van der Waals surface area (Å²) < 4.78 is 2.02. The van der Waals surface area contributed by atoms with E-state index in [2.05, 4.69) is 41.5 Å². The molecule has 1 aromatic carbocycles. The van der Waals surface area contributed by atoms with Crippen LogP contribution in [0.1, 0.15) is 11.3 Å². The van der Waals surface area contributed by atoms with Crippen molar-refractivity contribution in [2.24, 2.45) is 0 Å². The fourth-order valence-corrected chi connectivity index (χ4v) is 3.52. The van der Waals surface area contributed by atoms with E-state index in [0.29, 0.717) is 5.02 Å². The Hall–Kier alpha value is -2.37. The molecule has 0 aliphatic heterocycles. The van der Waals surface area contributed by atoms with E-state index in [1.54, 1.807) is 11.3 Å². The predicted molar refractivity (Wildman–Crippen MR) is 101 cm³/mol. The molecule has 4 aromatic rings. The number of imidazole rings is 1. The van der Waals surface area contributed by atoms with Crippen molar-refractivity contribution in [3.63, 3.8) is 0 Å². The first-order chi connectivity index (χ1) is 11.6. The maximum atomic E-state index is 6.05. The van der Waals surface area contributed by atoms with Gasteiger partial charge in [0.05, 0.1) is 11.4 Å². The number of aromatic nitrogens is 3. The predicted octanol–water partition coefficient (Wildman–Crippen LogP) is 5.47. The Kier molecular flexibility index (Phi) is 3.75. The summed E-state index contributed by atoms with van der Waals surface area (Å²) in [7, 11) is 0. The second kappa shape index (κ2) is 5.92. The topological polar surface area (TPSA) is 42.2 Å². The van der Waals surface area contributed by atoms with Crippen LogP contribution in [0.5, 0.6) is 0 Å². The Morgan fingerprint density at radius 3 is 2.67 bits per heavy atom. The molecular formula is C18H15ClN4S. The molecule has 4 rings (SSSR count). The van der Waals surface area contributed by atoms with Crippen LogP contribution >= 0.6 is 22.9 Å². The number of rotatable bonds is 3. The minimum atomic E-state index is 0.680. The summed E-state index contributed by atoms with van der Waals surface area (Å²) in [6, 6.07) is 12.0. The molecule has 0 fully saturated rings.